The molecule has 0 atom stereocenters. The van der Waals surface area contributed by atoms with Crippen LogP contribution in [0.5, 0.6) is 0 Å². The quantitative estimate of drug-likeness (QED) is 0.414. The van der Waals surface area contributed by atoms with Crippen LogP contribution in [0.1, 0.15) is 23.9 Å². The average molecular weight is 457 g/mol. The van der Waals surface area contributed by atoms with Crippen LogP contribution in [-0.2, 0) is 4.79 Å². The normalized spacial score (nSPS) is 11.1. The van der Waals surface area contributed by atoms with Crippen LogP contribution in [0.2, 0.25) is 0 Å². The monoisotopic (exact) mass is 457 g/mol. The third-order valence-electron chi connectivity index (χ3n) is 4.10. The number of nitrogens with one attached hydrogen (secondary N) is 1. The van der Waals surface area contributed by atoms with Gasteiger partial charge in [0.15, 0.2) is 0 Å². The van der Waals surface area contributed by atoms with E-state index in [4.69, 9.17) is 0 Å². The van der Waals surface area contributed by atoms with Crippen molar-refractivity contribution in [2.24, 2.45) is 4.99 Å². The van der Waals surface area contributed by atoms with Gasteiger partial charge in [-0.15, -0.1) is 0 Å². The van der Waals surface area contributed by atoms with Crippen LogP contribution < -0.4 is 5.32 Å². The summed E-state index contributed by atoms with van der Waals surface area (Å²) in [6.07, 6.45) is 1.89. The summed E-state index contributed by atoms with van der Waals surface area (Å²) in [6, 6.07) is 18.1. The van der Waals surface area contributed by atoms with Gasteiger partial charge in [-0.25, -0.2) is 0 Å². The maximum Gasteiger partial charge on any atom is 0.221 e. The fourth-order valence-corrected chi connectivity index (χ4v) is 3.24. The van der Waals surface area contributed by atoms with E-state index in [1.165, 1.54) is 16.2 Å². The van der Waals surface area contributed by atoms with Gasteiger partial charge in [0.2, 0.25) is 5.91 Å². The number of hydrogen-bond acceptors (Lipinski definition) is 2. The van der Waals surface area contributed by atoms with Crippen molar-refractivity contribution in [3.63, 3.8) is 0 Å². The molecule has 1 heterocycles. The number of amides is 1. The van der Waals surface area contributed by atoms with E-state index in [0.29, 0.717) is 0 Å². The molecular formula is C21H20IN3O. The highest BCUT2D eigenvalue weighted by molar-refractivity contribution is 14.1. The summed E-state index contributed by atoms with van der Waals surface area (Å²) in [6.45, 7) is 5.70. The lowest BCUT2D eigenvalue weighted by Gasteiger charge is -2.09. The van der Waals surface area contributed by atoms with Crippen molar-refractivity contribution in [1.82, 2.24) is 4.57 Å². The second-order valence-corrected chi connectivity index (χ2v) is 7.37. The zero-order valence-electron chi connectivity index (χ0n) is 15.0. The number of aliphatic imine (C=N–C) groups is 1. The van der Waals surface area contributed by atoms with Crippen molar-refractivity contribution in [1.29, 1.82) is 0 Å². The van der Waals surface area contributed by atoms with E-state index >= 15 is 0 Å². The number of rotatable bonds is 4. The molecule has 2 aromatic carbocycles. The first-order valence-electron chi connectivity index (χ1n) is 8.30. The highest BCUT2D eigenvalue weighted by atomic mass is 127. The molecule has 0 aliphatic rings. The van der Waals surface area contributed by atoms with Gasteiger partial charge in [-0.3, -0.25) is 9.79 Å². The smallest absolute Gasteiger partial charge is 0.221 e. The van der Waals surface area contributed by atoms with E-state index in [1.807, 2.05) is 30.5 Å². The minimum atomic E-state index is -0.0794. The molecule has 0 spiro atoms. The lowest BCUT2D eigenvalue weighted by Crippen LogP contribution is -2.04. The highest BCUT2D eigenvalue weighted by Gasteiger charge is 2.09. The molecule has 5 heteroatoms. The molecule has 0 fully saturated rings. The number of benzene rings is 2. The molecule has 1 aromatic heterocycles. The molecule has 0 unspecified atom stereocenters. The average Bonchev–Trinajstić information content (AvgIpc) is 2.89. The Morgan fingerprint density at radius 3 is 2.35 bits per heavy atom. The molecule has 0 aliphatic heterocycles. The molecule has 0 saturated carbocycles. The van der Waals surface area contributed by atoms with Gasteiger partial charge in [0, 0.05) is 45.0 Å². The summed E-state index contributed by atoms with van der Waals surface area (Å²) < 4.78 is 3.45. The minimum absolute atomic E-state index is 0.0794. The van der Waals surface area contributed by atoms with Gasteiger partial charge >= 0.3 is 0 Å². The van der Waals surface area contributed by atoms with Gasteiger partial charge in [0.25, 0.3) is 0 Å². The van der Waals surface area contributed by atoms with E-state index in [0.717, 1.165) is 28.3 Å². The second kappa shape index (κ2) is 7.86. The van der Waals surface area contributed by atoms with Gasteiger partial charge in [-0.1, -0.05) is 0 Å². The Labute approximate surface area is 167 Å². The SMILES string of the molecule is CC(=O)Nc1ccc(N=Cc2cc(C)n(-c3ccc(I)cc3)c2C)cc1. The summed E-state index contributed by atoms with van der Waals surface area (Å²) in [5.74, 6) is -0.0794. The van der Waals surface area contributed by atoms with Crippen LogP contribution in [0.3, 0.4) is 0 Å². The Bertz CT molecular complexity index is 954. The van der Waals surface area contributed by atoms with E-state index < -0.39 is 0 Å². The maximum atomic E-state index is 11.1. The summed E-state index contributed by atoms with van der Waals surface area (Å²) in [4.78, 5) is 15.6. The molecule has 0 aliphatic carbocycles. The predicted octanol–water partition coefficient (Wildman–Crippen LogP) is 5.41. The first-order chi connectivity index (χ1) is 12.4. The van der Waals surface area contributed by atoms with Gasteiger partial charge in [-0.05, 0) is 91.0 Å². The Hall–Kier alpha value is -2.41. The number of carbonyl (C=O) groups excluding carboxylic acids is 1. The first kappa shape index (κ1) is 18.4. The van der Waals surface area contributed by atoms with Gasteiger partial charge in [-0.2, -0.15) is 0 Å². The molecule has 4 nitrogen and oxygen atoms in total. The Morgan fingerprint density at radius 2 is 1.73 bits per heavy atom. The second-order valence-electron chi connectivity index (χ2n) is 6.12. The lowest BCUT2D eigenvalue weighted by atomic mass is 10.2. The third kappa shape index (κ3) is 4.22. The van der Waals surface area contributed by atoms with Crippen molar-refractivity contribution in [2.75, 3.05) is 5.32 Å². The summed E-state index contributed by atoms with van der Waals surface area (Å²) >= 11 is 2.31. The molecule has 0 saturated heterocycles. The van der Waals surface area contributed by atoms with E-state index in [1.54, 1.807) is 0 Å². The van der Waals surface area contributed by atoms with E-state index in [2.05, 4.69) is 81.6 Å². The molecule has 132 valence electrons. The van der Waals surface area contributed by atoms with Crippen LogP contribution in [-0.4, -0.2) is 16.7 Å². The van der Waals surface area contributed by atoms with Crippen molar-refractivity contribution in [2.45, 2.75) is 20.8 Å². The zero-order chi connectivity index (χ0) is 18.7. The Kier molecular flexibility index (Phi) is 5.56. The Balaban J connectivity index is 1.84. The number of aryl methyl sites for hydroxylation is 1. The fourth-order valence-electron chi connectivity index (χ4n) is 2.88. The first-order valence-corrected chi connectivity index (χ1v) is 9.38. The highest BCUT2D eigenvalue weighted by Crippen LogP contribution is 2.22. The molecule has 1 amide bonds. The molecule has 3 aromatic rings. The van der Waals surface area contributed by atoms with Crippen molar-refractivity contribution in [3.8, 4) is 5.69 Å². The summed E-state index contributed by atoms with van der Waals surface area (Å²) in [5, 5.41) is 2.75. The van der Waals surface area contributed by atoms with Crippen LogP contribution in [0, 0.1) is 17.4 Å². The summed E-state index contributed by atoms with van der Waals surface area (Å²) in [5.41, 5.74) is 6.19. The minimum Gasteiger partial charge on any atom is -0.326 e. The predicted molar refractivity (Wildman–Crippen MR) is 116 cm³/mol. The number of carbonyl (C=O) groups is 1. The molecule has 0 bridgehead atoms. The topological polar surface area (TPSA) is 46.4 Å². The standard InChI is InChI=1S/C21H20IN3O/c1-14-12-17(15(2)25(14)21-10-4-18(22)5-11-21)13-23-19-6-8-20(9-7-19)24-16(3)26/h4-13H,1-3H3,(H,24,26). The van der Waals surface area contributed by atoms with Crippen molar-refractivity contribution >= 4 is 46.1 Å². The molecule has 26 heavy (non-hydrogen) atoms. The van der Waals surface area contributed by atoms with Crippen LogP contribution in [0.25, 0.3) is 5.69 Å². The van der Waals surface area contributed by atoms with Crippen molar-refractivity contribution in [3.05, 3.63) is 75.1 Å². The van der Waals surface area contributed by atoms with Crippen LogP contribution in [0.15, 0.2) is 59.6 Å². The summed E-state index contributed by atoms with van der Waals surface area (Å²) in [7, 11) is 0. The van der Waals surface area contributed by atoms with Gasteiger partial charge in [0.1, 0.15) is 0 Å². The molecule has 1 N–H and O–H groups in total. The lowest BCUT2D eigenvalue weighted by molar-refractivity contribution is -0.114. The number of anilines is 1. The largest absolute Gasteiger partial charge is 0.326 e. The number of hydrogen-bond donors (Lipinski definition) is 1. The maximum absolute atomic E-state index is 11.1. The molecule has 3 rings (SSSR count). The fraction of sp³-hybridized carbons (Fsp3) is 0.143. The number of halogens is 1. The molecule has 0 radical (unpaired) electrons. The van der Waals surface area contributed by atoms with Gasteiger partial charge < -0.3 is 9.88 Å². The third-order valence-corrected chi connectivity index (χ3v) is 4.81. The van der Waals surface area contributed by atoms with E-state index in [-0.39, 0.29) is 5.91 Å². The van der Waals surface area contributed by atoms with Crippen LogP contribution in [0.4, 0.5) is 11.4 Å². The van der Waals surface area contributed by atoms with Crippen LogP contribution >= 0.6 is 22.6 Å². The number of aromatic nitrogens is 1. The zero-order valence-corrected chi connectivity index (χ0v) is 17.1. The van der Waals surface area contributed by atoms with Crippen molar-refractivity contribution < 1.29 is 4.79 Å². The van der Waals surface area contributed by atoms with Gasteiger partial charge in [0.05, 0.1) is 5.69 Å². The number of nitrogens with zero attached hydrogens (tertiary/aromatic N) is 2. The molecular weight excluding hydrogens is 437 g/mol. The Morgan fingerprint density at radius 1 is 1.08 bits per heavy atom. The van der Waals surface area contributed by atoms with E-state index in [9.17, 15) is 4.79 Å².